The van der Waals surface area contributed by atoms with Gasteiger partial charge >= 0.3 is 0 Å². The van der Waals surface area contributed by atoms with Crippen LogP contribution < -0.4 is 5.73 Å². The molecule has 2 rings (SSSR count). The second-order valence-electron chi connectivity index (χ2n) is 4.23. The van der Waals surface area contributed by atoms with Crippen LogP contribution in [-0.4, -0.2) is 28.9 Å². The van der Waals surface area contributed by atoms with Gasteiger partial charge in [0.05, 0.1) is 18.2 Å². The molecule has 1 atom stereocenters. The van der Waals surface area contributed by atoms with E-state index in [1.807, 2.05) is 17.2 Å². The third kappa shape index (κ3) is 2.59. The lowest BCUT2D eigenvalue weighted by atomic mass is 10.3. The van der Waals surface area contributed by atoms with Gasteiger partial charge in [-0.1, -0.05) is 0 Å². The summed E-state index contributed by atoms with van der Waals surface area (Å²) >= 11 is 1.54. The Balaban J connectivity index is 1.95. The highest BCUT2D eigenvalue weighted by atomic mass is 32.1. The van der Waals surface area contributed by atoms with Crippen LogP contribution in [0.4, 0.5) is 0 Å². The van der Waals surface area contributed by atoms with Crippen molar-refractivity contribution in [2.45, 2.75) is 32.2 Å². The number of likely N-dealkylation sites (tertiary alicyclic amines) is 1. The van der Waals surface area contributed by atoms with Gasteiger partial charge in [-0.05, 0) is 19.8 Å². The zero-order chi connectivity index (χ0) is 11.5. The van der Waals surface area contributed by atoms with Crippen LogP contribution >= 0.6 is 11.3 Å². The predicted molar refractivity (Wildman–Crippen MR) is 64.2 cm³/mol. The molecule has 1 unspecified atom stereocenters. The van der Waals surface area contributed by atoms with Crippen LogP contribution in [-0.2, 0) is 11.2 Å². The fourth-order valence-corrected chi connectivity index (χ4v) is 2.62. The number of carbonyl (C=O) groups excluding carboxylic acids is 1. The lowest BCUT2D eigenvalue weighted by Gasteiger charge is -2.13. The number of thiazole rings is 1. The van der Waals surface area contributed by atoms with E-state index in [4.69, 9.17) is 5.73 Å². The third-order valence-corrected chi connectivity index (χ3v) is 3.84. The van der Waals surface area contributed by atoms with Gasteiger partial charge in [-0.25, -0.2) is 4.98 Å². The molecule has 0 aliphatic carbocycles. The molecule has 2 heterocycles. The molecule has 16 heavy (non-hydrogen) atoms. The Bertz CT molecular complexity index is 369. The van der Waals surface area contributed by atoms with Crippen molar-refractivity contribution in [3.63, 3.8) is 0 Å². The Morgan fingerprint density at radius 3 is 2.88 bits per heavy atom. The zero-order valence-electron chi connectivity index (χ0n) is 9.48. The van der Waals surface area contributed by atoms with Gasteiger partial charge in [0, 0.05) is 18.5 Å². The summed E-state index contributed by atoms with van der Waals surface area (Å²) in [6, 6.07) is -0.0411. The number of nitrogens with two attached hydrogens (primary N) is 1. The minimum atomic E-state index is -0.0411. The Hall–Kier alpha value is -0.940. The van der Waals surface area contributed by atoms with Gasteiger partial charge in [0.2, 0.25) is 5.91 Å². The maximum Gasteiger partial charge on any atom is 0.228 e. The van der Waals surface area contributed by atoms with Gasteiger partial charge in [0.1, 0.15) is 5.01 Å². The van der Waals surface area contributed by atoms with Crippen LogP contribution in [0.3, 0.4) is 0 Å². The number of hydrogen-bond donors (Lipinski definition) is 1. The summed E-state index contributed by atoms with van der Waals surface area (Å²) in [5.74, 6) is 0.194. The maximum absolute atomic E-state index is 11.9. The van der Waals surface area contributed by atoms with Crippen LogP contribution in [0.5, 0.6) is 0 Å². The predicted octanol–water partition coefficient (Wildman–Crippen LogP) is 1.33. The smallest absolute Gasteiger partial charge is 0.228 e. The summed E-state index contributed by atoms with van der Waals surface area (Å²) in [7, 11) is 0. The first-order valence-corrected chi connectivity index (χ1v) is 6.52. The summed E-state index contributed by atoms with van der Waals surface area (Å²) in [6.07, 6.45) is 2.69. The van der Waals surface area contributed by atoms with E-state index in [0.717, 1.165) is 36.6 Å². The minimum absolute atomic E-state index is 0.0411. The van der Waals surface area contributed by atoms with Crippen molar-refractivity contribution in [1.29, 1.82) is 0 Å². The van der Waals surface area contributed by atoms with Crippen LogP contribution in [0.1, 0.15) is 36.5 Å². The Kier molecular flexibility index (Phi) is 3.56. The fourth-order valence-electron chi connectivity index (χ4n) is 1.85. The molecule has 4 nitrogen and oxygen atoms in total. The number of carbonyl (C=O) groups is 1. The summed E-state index contributed by atoms with van der Waals surface area (Å²) in [5.41, 5.74) is 6.59. The molecule has 0 spiro atoms. The van der Waals surface area contributed by atoms with Crippen LogP contribution in [0.15, 0.2) is 5.38 Å². The van der Waals surface area contributed by atoms with Crippen molar-refractivity contribution in [1.82, 2.24) is 9.88 Å². The van der Waals surface area contributed by atoms with E-state index in [9.17, 15) is 4.79 Å². The second kappa shape index (κ2) is 4.93. The Labute approximate surface area is 99.5 Å². The average Bonchev–Trinajstić information content (AvgIpc) is 2.87. The molecule has 1 aromatic heterocycles. The number of hydrogen-bond acceptors (Lipinski definition) is 4. The van der Waals surface area contributed by atoms with E-state index >= 15 is 0 Å². The van der Waals surface area contributed by atoms with Crippen LogP contribution in [0, 0.1) is 0 Å². The van der Waals surface area contributed by atoms with Crippen LogP contribution in [0.25, 0.3) is 0 Å². The molecule has 1 aliphatic heterocycles. The molecule has 0 saturated carbocycles. The molecule has 2 N–H and O–H groups in total. The highest BCUT2D eigenvalue weighted by Gasteiger charge is 2.19. The molecule has 88 valence electrons. The van der Waals surface area contributed by atoms with Gasteiger partial charge in [-0.3, -0.25) is 4.79 Å². The summed E-state index contributed by atoms with van der Waals surface area (Å²) in [5, 5.41) is 2.84. The summed E-state index contributed by atoms with van der Waals surface area (Å²) in [6.45, 7) is 3.72. The Morgan fingerprint density at radius 2 is 2.31 bits per heavy atom. The van der Waals surface area contributed by atoms with Gasteiger partial charge < -0.3 is 10.6 Å². The van der Waals surface area contributed by atoms with Gasteiger partial charge in [0.25, 0.3) is 0 Å². The largest absolute Gasteiger partial charge is 0.342 e. The maximum atomic E-state index is 11.9. The van der Waals surface area contributed by atoms with Crippen molar-refractivity contribution in [2.75, 3.05) is 13.1 Å². The van der Waals surface area contributed by atoms with E-state index < -0.39 is 0 Å². The minimum Gasteiger partial charge on any atom is -0.342 e. The first-order chi connectivity index (χ1) is 7.66. The monoisotopic (exact) mass is 239 g/mol. The van der Waals surface area contributed by atoms with Crippen molar-refractivity contribution >= 4 is 17.2 Å². The van der Waals surface area contributed by atoms with Crippen molar-refractivity contribution < 1.29 is 4.79 Å². The number of aromatic nitrogens is 1. The topological polar surface area (TPSA) is 59.2 Å². The molecular weight excluding hydrogens is 222 g/mol. The third-order valence-electron chi connectivity index (χ3n) is 2.75. The van der Waals surface area contributed by atoms with Gasteiger partial charge in [-0.2, -0.15) is 0 Å². The van der Waals surface area contributed by atoms with E-state index in [-0.39, 0.29) is 11.9 Å². The van der Waals surface area contributed by atoms with E-state index in [2.05, 4.69) is 4.98 Å². The lowest BCUT2D eigenvalue weighted by molar-refractivity contribution is -0.129. The number of rotatable bonds is 3. The molecule has 1 fully saturated rings. The molecule has 1 aromatic rings. The van der Waals surface area contributed by atoms with Gasteiger partial charge in [-0.15, -0.1) is 11.3 Å². The second-order valence-corrected chi connectivity index (χ2v) is 5.12. The molecule has 0 bridgehead atoms. The highest BCUT2D eigenvalue weighted by molar-refractivity contribution is 7.09. The normalized spacial score (nSPS) is 17.8. The van der Waals surface area contributed by atoms with Crippen molar-refractivity contribution in [3.05, 3.63) is 16.1 Å². The molecule has 0 radical (unpaired) electrons. The molecular formula is C11H17N3OS. The van der Waals surface area contributed by atoms with E-state index in [1.54, 1.807) is 0 Å². The zero-order valence-corrected chi connectivity index (χ0v) is 10.3. The number of amides is 1. The quantitative estimate of drug-likeness (QED) is 0.865. The summed E-state index contributed by atoms with van der Waals surface area (Å²) in [4.78, 5) is 18.1. The van der Waals surface area contributed by atoms with E-state index in [0.29, 0.717) is 6.42 Å². The molecule has 1 saturated heterocycles. The number of nitrogens with zero attached hydrogens (tertiary/aromatic N) is 2. The fraction of sp³-hybridized carbons (Fsp3) is 0.636. The lowest BCUT2D eigenvalue weighted by Crippen LogP contribution is -2.29. The standard InChI is InChI=1S/C11H17N3OS/c1-8(12)11-13-9(7-16-11)6-10(15)14-4-2-3-5-14/h7-8H,2-6,12H2,1H3. The summed E-state index contributed by atoms with van der Waals surface area (Å²) < 4.78 is 0. The molecule has 1 aliphatic rings. The van der Waals surface area contributed by atoms with Crippen LogP contribution in [0.2, 0.25) is 0 Å². The van der Waals surface area contributed by atoms with E-state index in [1.165, 1.54) is 11.3 Å². The first kappa shape index (κ1) is 11.5. The SMILES string of the molecule is CC(N)c1nc(CC(=O)N2CCCC2)cs1. The Morgan fingerprint density at radius 1 is 1.62 bits per heavy atom. The average molecular weight is 239 g/mol. The van der Waals surface area contributed by atoms with Crippen molar-refractivity contribution in [2.24, 2.45) is 5.73 Å². The van der Waals surface area contributed by atoms with Crippen molar-refractivity contribution in [3.8, 4) is 0 Å². The molecule has 5 heteroatoms. The molecule has 0 aromatic carbocycles. The highest BCUT2D eigenvalue weighted by Crippen LogP contribution is 2.17. The van der Waals surface area contributed by atoms with Gasteiger partial charge in [0.15, 0.2) is 0 Å². The molecule has 1 amide bonds. The first-order valence-electron chi connectivity index (χ1n) is 5.64.